The van der Waals surface area contributed by atoms with Gasteiger partial charge in [-0.25, -0.2) is 8.78 Å². The van der Waals surface area contributed by atoms with Gasteiger partial charge in [0.05, 0.1) is 11.3 Å². The van der Waals surface area contributed by atoms with Crippen molar-refractivity contribution in [2.75, 3.05) is 0 Å². The monoisotopic (exact) mass is 314 g/mol. The van der Waals surface area contributed by atoms with Crippen LogP contribution in [0.5, 0.6) is 0 Å². The molecule has 0 aliphatic rings. The molecule has 2 rings (SSSR count). The van der Waals surface area contributed by atoms with E-state index in [-0.39, 0.29) is 35.1 Å². The fourth-order valence-corrected chi connectivity index (χ4v) is 1.96. The molecule has 0 fully saturated rings. The van der Waals surface area contributed by atoms with Gasteiger partial charge in [-0.2, -0.15) is 5.26 Å². The van der Waals surface area contributed by atoms with E-state index in [4.69, 9.17) is 5.26 Å². The zero-order valence-electron chi connectivity index (χ0n) is 10.8. The normalized spacial score (nSPS) is 9.57. The minimum Gasteiger partial charge on any atom is -0.863 e. The number of benzene rings is 1. The Hall–Kier alpha value is -1.59. The number of hydrogen-bond donors (Lipinski definition) is 0. The molecule has 0 bridgehead atoms. The maximum absolute atomic E-state index is 13.8. The van der Waals surface area contributed by atoms with Gasteiger partial charge in [0.25, 0.3) is 5.56 Å². The summed E-state index contributed by atoms with van der Waals surface area (Å²) in [5.41, 5.74) is -2.35. The van der Waals surface area contributed by atoms with Crippen LogP contribution in [0.3, 0.4) is 0 Å². The first-order valence-electron chi connectivity index (χ1n) is 5.29. The van der Waals surface area contributed by atoms with Crippen molar-refractivity contribution in [2.24, 2.45) is 0 Å². The largest absolute Gasteiger partial charge is 1.00 e. The topological polar surface area (TPSA) is 68.8 Å². The van der Waals surface area contributed by atoms with E-state index in [9.17, 15) is 18.7 Å². The van der Waals surface area contributed by atoms with Crippen LogP contribution in [0.15, 0.2) is 35.1 Å². The quantitative estimate of drug-likeness (QED) is 0.476. The van der Waals surface area contributed by atoms with E-state index < -0.39 is 33.6 Å². The van der Waals surface area contributed by atoms with Gasteiger partial charge in [-0.3, -0.25) is 9.36 Å². The van der Waals surface area contributed by atoms with Gasteiger partial charge < -0.3 is 5.11 Å². The molecule has 21 heavy (non-hydrogen) atoms. The molecular formula is C13H5F2N2NaO2S. The Labute approximate surface area is 145 Å². The number of nitriles is 1. The number of aromatic nitrogens is 1. The molecule has 0 N–H and O–H groups in total. The molecule has 0 atom stereocenters. The average Bonchev–Trinajstić information content (AvgIpc) is 2.39. The number of rotatable bonds is 2. The minimum absolute atomic E-state index is 0. The van der Waals surface area contributed by atoms with Crippen molar-refractivity contribution in [2.45, 2.75) is 0 Å². The summed E-state index contributed by atoms with van der Waals surface area (Å²) in [4.78, 5) is 11.8. The van der Waals surface area contributed by atoms with E-state index in [0.717, 1.165) is 30.3 Å². The Bertz CT molecular complexity index is 795. The Kier molecular flexibility index (Phi) is 5.75. The molecule has 2 aromatic rings. The van der Waals surface area contributed by atoms with Crippen molar-refractivity contribution in [1.82, 2.24) is 4.57 Å². The molecule has 1 heterocycles. The number of halogens is 2. The number of hydrogen-bond acceptors (Lipinski definition) is 4. The van der Waals surface area contributed by atoms with E-state index in [2.05, 4.69) is 12.2 Å². The molecule has 0 unspecified atom stereocenters. The molecule has 1 aromatic carbocycles. The van der Waals surface area contributed by atoms with Crippen molar-refractivity contribution in [3.05, 3.63) is 63.6 Å². The van der Waals surface area contributed by atoms with Crippen LogP contribution in [0, 0.1) is 23.0 Å². The smallest absolute Gasteiger partial charge is 0.863 e. The maximum Gasteiger partial charge on any atom is 1.00 e. The van der Waals surface area contributed by atoms with Crippen molar-refractivity contribution in [3.8, 4) is 11.8 Å². The second kappa shape index (κ2) is 6.91. The van der Waals surface area contributed by atoms with E-state index >= 15 is 0 Å². The van der Waals surface area contributed by atoms with Crippen LogP contribution >= 0.6 is 12.2 Å². The number of pyridine rings is 1. The molecule has 0 spiro atoms. The summed E-state index contributed by atoms with van der Waals surface area (Å²) in [6.45, 7) is 0. The van der Waals surface area contributed by atoms with Crippen molar-refractivity contribution < 1.29 is 43.4 Å². The van der Waals surface area contributed by atoms with Crippen LogP contribution in [0.2, 0.25) is 0 Å². The zero-order valence-corrected chi connectivity index (χ0v) is 13.6. The van der Waals surface area contributed by atoms with E-state index in [1.165, 1.54) is 0 Å². The van der Waals surface area contributed by atoms with Crippen LogP contribution in [-0.4, -0.2) is 9.62 Å². The predicted molar refractivity (Wildman–Crippen MR) is 68.4 cm³/mol. The van der Waals surface area contributed by atoms with Crippen LogP contribution < -0.4 is 40.2 Å². The van der Waals surface area contributed by atoms with E-state index in [1.807, 2.05) is 0 Å². The Morgan fingerprint density at radius 3 is 2.29 bits per heavy atom. The molecule has 0 radical (unpaired) electrons. The first-order chi connectivity index (χ1) is 9.47. The standard InChI is InChI=1S/C13H6F2N2O2S.Na/c14-8-2-1-3-9(15)12(8)17-10(18)5-4-7(6-16)11(17)13(19)20;/h1-5H,(H,19,20);/q;+1/p-1. The molecule has 4 nitrogen and oxygen atoms in total. The van der Waals surface area contributed by atoms with E-state index in [0.29, 0.717) is 4.57 Å². The summed E-state index contributed by atoms with van der Waals surface area (Å²) < 4.78 is 28.0. The summed E-state index contributed by atoms with van der Waals surface area (Å²) in [7, 11) is 0. The molecule has 1 aromatic heterocycles. The van der Waals surface area contributed by atoms with Crippen LogP contribution in [0.1, 0.15) is 11.3 Å². The molecule has 100 valence electrons. The minimum atomic E-state index is -1.05. The first kappa shape index (κ1) is 17.5. The summed E-state index contributed by atoms with van der Waals surface area (Å²) in [5, 5.41) is 19.3. The van der Waals surface area contributed by atoms with Gasteiger partial charge in [0.2, 0.25) is 0 Å². The Morgan fingerprint density at radius 1 is 1.24 bits per heavy atom. The van der Waals surface area contributed by atoms with Crippen LogP contribution in [-0.2, 0) is 0 Å². The number of para-hydroxylation sites is 1. The first-order valence-corrected chi connectivity index (χ1v) is 5.70. The fourth-order valence-electron chi connectivity index (χ4n) is 1.75. The Balaban J connectivity index is 0.00000220. The predicted octanol–water partition coefficient (Wildman–Crippen LogP) is -1.97. The summed E-state index contributed by atoms with van der Waals surface area (Å²) in [6, 6.07) is 6.66. The molecule has 0 aliphatic carbocycles. The average molecular weight is 314 g/mol. The number of nitrogens with zero attached hydrogens (tertiary/aromatic N) is 2. The van der Waals surface area contributed by atoms with Crippen molar-refractivity contribution >= 4 is 17.3 Å². The summed E-state index contributed by atoms with van der Waals surface area (Å²) in [5.74, 6) is -2.08. The van der Waals surface area contributed by atoms with Crippen molar-refractivity contribution in [3.63, 3.8) is 0 Å². The molecule has 0 saturated carbocycles. The SMILES string of the molecule is N#Cc1ccc(=O)n(-c2c(F)cccc2F)c1C([O-])=S.[Na+]. The fraction of sp³-hybridized carbons (Fsp3) is 0. The number of thiocarbonyl (C=S) groups is 1. The van der Waals surface area contributed by atoms with Gasteiger partial charge in [0, 0.05) is 6.07 Å². The van der Waals surface area contributed by atoms with Gasteiger partial charge in [-0.15, -0.1) is 0 Å². The summed E-state index contributed by atoms with van der Waals surface area (Å²) >= 11 is 4.44. The molecule has 0 amide bonds. The second-order valence-corrected chi connectivity index (χ2v) is 4.11. The van der Waals surface area contributed by atoms with Crippen molar-refractivity contribution in [1.29, 1.82) is 5.26 Å². The third-order valence-electron chi connectivity index (χ3n) is 2.57. The third-order valence-corrected chi connectivity index (χ3v) is 2.76. The maximum atomic E-state index is 13.8. The molecule has 0 saturated heterocycles. The zero-order chi connectivity index (χ0) is 14.9. The van der Waals surface area contributed by atoms with Gasteiger partial charge in [0.15, 0.2) is 0 Å². The van der Waals surface area contributed by atoms with E-state index in [1.54, 1.807) is 6.07 Å². The summed E-state index contributed by atoms with van der Waals surface area (Å²) in [6.07, 6.45) is 0. The molecule has 0 aliphatic heterocycles. The van der Waals surface area contributed by atoms with Gasteiger partial charge in [-0.1, -0.05) is 18.3 Å². The molecule has 8 heteroatoms. The van der Waals surface area contributed by atoms with Crippen LogP contribution in [0.4, 0.5) is 8.78 Å². The Morgan fingerprint density at radius 2 is 1.81 bits per heavy atom. The third kappa shape index (κ3) is 3.19. The van der Waals surface area contributed by atoms with Gasteiger partial charge >= 0.3 is 29.6 Å². The van der Waals surface area contributed by atoms with Gasteiger partial charge in [0.1, 0.15) is 23.4 Å². The second-order valence-electron chi connectivity index (χ2n) is 3.74. The molecular weight excluding hydrogens is 309 g/mol. The van der Waals surface area contributed by atoms with Crippen LogP contribution in [0.25, 0.3) is 5.69 Å². The van der Waals surface area contributed by atoms with Gasteiger partial charge in [-0.05, 0) is 23.2 Å².